The van der Waals surface area contributed by atoms with Crippen LogP contribution >= 0.6 is 0 Å². The normalized spacial score (nSPS) is 27.5. The molecule has 40 heavy (non-hydrogen) atoms. The molecule has 1 aromatic heterocycles. The molecule has 6 heteroatoms. The van der Waals surface area contributed by atoms with Crippen LogP contribution in [0.2, 0.25) is 0 Å². The van der Waals surface area contributed by atoms with E-state index in [2.05, 4.69) is 71.8 Å². The minimum atomic E-state index is -1.32. The van der Waals surface area contributed by atoms with Gasteiger partial charge in [0.05, 0.1) is 11.0 Å². The number of amides is 1. The average Bonchev–Trinajstić information content (AvgIpc) is 3.39. The van der Waals surface area contributed by atoms with E-state index in [1.807, 2.05) is 4.90 Å². The molecular formula is C34H44N4O2. The molecule has 4 aliphatic rings. The predicted octanol–water partition coefficient (Wildman–Crippen LogP) is 5.76. The van der Waals surface area contributed by atoms with Crippen LogP contribution in [0.25, 0.3) is 11.0 Å². The van der Waals surface area contributed by atoms with E-state index in [0.717, 1.165) is 31.3 Å². The molecule has 4 unspecified atom stereocenters. The van der Waals surface area contributed by atoms with Crippen molar-refractivity contribution in [3.05, 3.63) is 65.5 Å². The summed E-state index contributed by atoms with van der Waals surface area (Å²) in [5.41, 5.74) is 4.01. The minimum absolute atomic E-state index is 0.0460. The molecule has 6 nitrogen and oxygen atoms in total. The number of hydrogen-bond acceptors (Lipinski definition) is 4. The number of fused-ring (bicyclic) bond motifs is 7. The van der Waals surface area contributed by atoms with Crippen molar-refractivity contribution in [1.29, 1.82) is 0 Å². The van der Waals surface area contributed by atoms with Crippen LogP contribution in [-0.2, 0) is 10.2 Å². The van der Waals surface area contributed by atoms with Crippen LogP contribution in [0, 0.1) is 0 Å². The highest BCUT2D eigenvalue weighted by Crippen LogP contribution is 2.54. The van der Waals surface area contributed by atoms with Gasteiger partial charge in [0.15, 0.2) is 0 Å². The number of nitrogens with zero attached hydrogens (tertiary/aromatic N) is 4. The standard InChI is InChI=1S/C34H44N4O2/c1-22(2)23-8-7-9-24(18-23)34(12-15-36(16-13-34)32(39)33(3,4)40)14-17-37-25-19-26-21-30(37)27(20-25)31-35-28-10-5-6-11-29(28)38(26)31/h5-11,18,22,25-27,30,40H,12-17,19-21H2,1-4H3. The average molecular weight is 541 g/mol. The quantitative estimate of drug-likeness (QED) is 0.432. The summed E-state index contributed by atoms with van der Waals surface area (Å²) in [6.45, 7) is 10.3. The molecule has 0 aliphatic carbocycles. The summed E-state index contributed by atoms with van der Waals surface area (Å²) in [4.78, 5) is 22.8. The Morgan fingerprint density at radius 2 is 1.82 bits per heavy atom. The first-order valence-electron chi connectivity index (χ1n) is 15.5. The van der Waals surface area contributed by atoms with Crippen LogP contribution in [-0.4, -0.2) is 67.7 Å². The third-order valence-corrected chi connectivity index (χ3v) is 10.8. The maximum absolute atomic E-state index is 12.9. The minimum Gasteiger partial charge on any atom is -0.381 e. The molecule has 0 spiro atoms. The number of carbonyl (C=O) groups is 1. The smallest absolute Gasteiger partial charge is 0.253 e. The lowest BCUT2D eigenvalue weighted by molar-refractivity contribution is -0.149. The van der Waals surface area contributed by atoms with E-state index in [1.54, 1.807) is 13.8 Å². The molecule has 3 bridgehead atoms. The number of aromatic nitrogens is 2. The molecule has 0 saturated carbocycles. The van der Waals surface area contributed by atoms with E-state index in [1.165, 1.54) is 41.7 Å². The second-order valence-corrected chi connectivity index (χ2v) is 13.9. The highest BCUT2D eigenvalue weighted by molar-refractivity contribution is 5.84. The molecule has 3 saturated heterocycles. The Kier molecular flexibility index (Phi) is 6.17. The van der Waals surface area contributed by atoms with Gasteiger partial charge in [0.1, 0.15) is 11.4 Å². The maximum atomic E-state index is 12.9. The van der Waals surface area contributed by atoms with Crippen LogP contribution in [0.4, 0.5) is 0 Å². The Morgan fingerprint density at radius 3 is 2.58 bits per heavy atom. The highest BCUT2D eigenvalue weighted by atomic mass is 16.3. The van der Waals surface area contributed by atoms with Crippen LogP contribution in [0.3, 0.4) is 0 Å². The topological polar surface area (TPSA) is 61.6 Å². The fourth-order valence-corrected chi connectivity index (χ4v) is 8.63. The lowest BCUT2D eigenvalue weighted by atomic mass is 9.69. The van der Waals surface area contributed by atoms with Crippen molar-refractivity contribution in [2.24, 2.45) is 0 Å². The first-order chi connectivity index (χ1) is 19.1. The van der Waals surface area contributed by atoms with Crippen LogP contribution < -0.4 is 0 Å². The number of rotatable bonds is 6. The van der Waals surface area contributed by atoms with Crippen LogP contribution in [0.5, 0.6) is 0 Å². The molecular weight excluding hydrogens is 496 g/mol. The Hall–Kier alpha value is -2.70. The van der Waals surface area contributed by atoms with Crippen molar-refractivity contribution in [2.45, 2.75) is 107 Å². The Labute approximate surface area is 238 Å². The molecule has 0 radical (unpaired) electrons. The van der Waals surface area contributed by atoms with Crippen molar-refractivity contribution in [3.8, 4) is 0 Å². The third-order valence-electron chi connectivity index (χ3n) is 10.8. The van der Waals surface area contributed by atoms with E-state index >= 15 is 0 Å². The fourth-order valence-electron chi connectivity index (χ4n) is 8.63. The summed E-state index contributed by atoms with van der Waals surface area (Å²) >= 11 is 0. The number of piperidine rings is 2. The summed E-state index contributed by atoms with van der Waals surface area (Å²) in [5, 5.41) is 10.4. The molecule has 7 rings (SSSR count). The number of benzene rings is 2. The Bertz CT molecular complexity index is 1430. The summed E-state index contributed by atoms with van der Waals surface area (Å²) in [6, 6.07) is 19.7. The number of aliphatic hydroxyl groups is 1. The van der Waals surface area contributed by atoms with Crippen molar-refractivity contribution < 1.29 is 9.90 Å². The van der Waals surface area contributed by atoms with Crippen molar-refractivity contribution in [1.82, 2.24) is 19.4 Å². The number of likely N-dealkylation sites (tertiary alicyclic amines) is 1. The van der Waals surface area contributed by atoms with Gasteiger partial charge in [-0.3, -0.25) is 9.69 Å². The molecule has 3 fully saturated rings. The van der Waals surface area contributed by atoms with Gasteiger partial charge in [-0.25, -0.2) is 4.98 Å². The summed E-state index contributed by atoms with van der Waals surface area (Å²) in [5.74, 6) is 2.19. The molecule has 4 atom stereocenters. The van der Waals surface area contributed by atoms with Gasteiger partial charge in [-0.05, 0) is 93.5 Å². The fraction of sp³-hybridized carbons (Fsp3) is 0.588. The molecule has 4 aliphatic heterocycles. The van der Waals surface area contributed by atoms with Crippen molar-refractivity contribution in [2.75, 3.05) is 19.6 Å². The largest absolute Gasteiger partial charge is 0.381 e. The predicted molar refractivity (Wildman–Crippen MR) is 159 cm³/mol. The Morgan fingerprint density at radius 1 is 1.05 bits per heavy atom. The number of imidazole rings is 1. The van der Waals surface area contributed by atoms with Gasteiger partial charge in [0, 0.05) is 37.1 Å². The highest BCUT2D eigenvalue weighted by Gasteiger charge is 2.53. The van der Waals surface area contributed by atoms with Crippen molar-refractivity contribution >= 4 is 16.9 Å². The second-order valence-electron chi connectivity index (χ2n) is 13.9. The van der Waals surface area contributed by atoms with Gasteiger partial charge in [-0.15, -0.1) is 0 Å². The lowest BCUT2D eigenvalue weighted by Crippen LogP contribution is -2.53. The zero-order chi connectivity index (χ0) is 27.8. The van der Waals surface area contributed by atoms with Crippen LogP contribution in [0.1, 0.15) is 101 Å². The molecule has 2 aromatic carbocycles. The van der Waals surface area contributed by atoms with Gasteiger partial charge in [-0.2, -0.15) is 0 Å². The molecule has 212 valence electrons. The SMILES string of the molecule is CC(C)c1cccc(C2(CCN3C4CC5c6nc7ccccc7n6C(C4)CC53)CCN(C(=O)C(C)(C)O)CC2)c1. The van der Waals surface area contributed by atoms with Gasteiger partial charge in [-0.1, -0.05) is 50.2 Å². The maximum Gasteiger partial charge on any atom is 0.253 e. The summed E-state index contributed by atoms with van der Waals surface area (Å²) in [7, 11) is 0. The van der Waals surface area contributed by atoms with E-state index in [0.29, 0.717) is 43.1 Å². The van der Waals surface area contributed by atoms with E-state index in [-0.39, 0.29) is 11.3 Å². The number of carbonyl (C=O) groups excluding carboxylic acids is 1. The molecule has 5 heterocycles. The van der Waals surface area contributed by atoms with E-state index in [9.17, 15) is 9.90 Å². The van der Waals surface area contributed by atoms with E-state index < -0.39 is 5.60 Å². The first-order valence-corrected chi connectivity index (χ1v) is 15.5. The monoisotopic (exact) mass is 540 g/mol. The van der Waals surface area contributed by atoms with Crippen molar-refractivity contribution in [3.63, 3.8) is 0 Å². The van der Waals surface area contributed by atoms with E-state index in [4.69, 9.17) is 4.98 Å². The first kappa shape index (κ1) is 26.2. The van der Waals surface area contributed by atoms with Gasteiger partial charge < -0.3 is 14.6 Å². The summed E-state index contributed by atoms with van der Waals surface area (Å²) in [6.07, 6.45) is 6.69. The zero-order valence-electron chi connectivity index (χ0n) is 24.5. The Balaban J connectivity index is 1.15. The molecule has 1 amide bonds. The van der Waals surface area contributed by atoms with Gasteiger partial charge in [0.2, 0.25) is 0 Å². The lowest BCUT2D eigenvalue weighted by Gasteiger charge is -2.47. The van der Waals surface area contributed by atoms with Gasteiger partial charge in [0.25, 0.3) is 5.91 Å². The molecule has 1 N–H and O–H groups in total. The number of hydrogen-bond donors (Lipinski definition) is 1. The van der Waals surface area contributed by atoms with Gasteiger partial charge >= 0.3 is 0 Å². The molecule has 3 aromatic rings. The second kappa shape index (κ2) is 9.42. The summed E-state index contributed by atoms with van der Waals surface area (Å²) < 4.78 is 2.59. The number of para-hydroxylation sites is 2. The third kappa shape index (κ3) is 4.13. The zero-order valence-corrected chi connectivity index (χ0v) is 24.5. The van der Waals surface area contributed by atoms with Crippen LogP contribution in [0.15, 0.2) is 48.5 Å².